The van der Waals surface area contributed by atoms with Gasteiger partial charge < -0.3 is 10.1 Å². The Labute approximate surface area is 113 Å². The third-order valence-electron chi connectivity index (χ3n) is 4.92. The summed E-state index contributed by atoms with van der Waals surface area (Å²) in [6.45, 7) is 3.27. The zero-order chi connectivity index (χ0) is 13.3. The van der Waals surface area contributed by atoms with Gasteiger partial charge in [0, 0.05) is 31.8 Å². The lowest BCUT2D eigenvalue weighted by Crippen LogP contribution is -2.50. The smallest absolute Gasteiger partial charge is 0.240 e. The molecule has 3 rings (SSSR count). The number of nitrogens with zero attached hydrogens (tertiary/aromatic N) is 2. The summed E-state index contributed by atoms with van der Waals surface area (Å²) in [6.07, 6.45) is 4.48. The fraction of sp³-hybridized carbons (Fsp3) is 0.857. The minimum atomic E-state index is -0.857. The Morgan fingerprint density at radius 1 is 1.32 bits per heavy atom. The average molecular weight is 263 g/mol. The molecule has 3 heterocycles. The van der Waals surface area contributed by atoms with Gasteiger partial charge in [0.05, 0.1) is 6.07 Å². The van der Waals surface area contributed by atoms with Crippen molar-refractivity contribution in [2.24, 2.45) is 5.41 Å². The zero-order valence-electron chi connectivity index (χ0n) is 11.2. The van der Waals surface area contributed by atoms with E-state index in [1.165, 1.54) is 12.8 Å². The minimum Gasteiger partial charge on any atom is -0.381 e. The lowest BCUT2D eigenvalue weighted by atomic mass is 9.80. The van der Waals surface area contributed by atoms with Crippen molar-refractivity contribution in [3.05, 3.63) is 0 Å². The Kier molecular flexibility index (Phi) is 3.46. The van der Waals surface area contributed by atoms with Crippen molar-refractivity contribution in [2.45, 2.75) is 44.2 Å². The third-order valence-corrected chi connectivity index (χ3v) is 4.92. The van der Waals surface area contributed by atoms with E-state index < -0.39 is 5.41 Å². The van der Waals surface area contributed by atoms with Crippen LogP contribution in [0.2, 0.25) is 0 Å². The second-order valence-electron chi connectivity index (χ2n) is 5.92. The van der Waals surface area contributed by atoms with E-state index in [2.05, 4.69) is 16.3 Å². The van der Waals surface area contributed by atoms with Crippen LogP contribution in [-0.2, 0) is 9.53 Å². The topological polar surface area (TPSA) is 65.4 Å². The number of nitriles is 1. The van der Waals surface area contributed by atoms with E-state index in [-0.39, 0.29) is 11.9 Å². The van der Waals surface area contributed by atoms with Crippen LogP contribution in [0.3, 0.4) is 0 Å². The average Bonchev–Trinajstić information content (AvgIpc) is 3.04. The number of amides is 1. The molecule has 0 aromatic rings. The van der Waals surface area contributed by atoms with Crippen molar-refractivity contribution >= 4 is 5.91 Å². The molecule has 1 N–H and O–H groups in total. The Balaban J connectivity index is 1.66. The lowest BCUT2D eigenvalue weighted by molar-refractivity contribution is -0.133. The summed E-state index contributed by atoms with van der Waals surface area (Å²) in [5.41, 5.74) is -0.857. The molecular formula is C14H21N3O2. The molecule has 0 saturated carbocycles. The molecule has 0 aromatic carbocycles. The molecule has 2 atom stereocenters. The number of nitrogens with one attached hydrogen (secondary N) is 1. The van der Waals surface area contributed by atoms with Crippen LogP contribution in [0.1, 0.15) is 32.1 Å². The van der Waals surface area contributed by atoms with E-state index in [0.29, 0.717) is 32.1 Å². The number of ether oxygens (including phenoxy) is 1. The van der Waals surface area contributed by atoms with Crippen molar-refractivity contribution in [1.29, 1.82) is 5.26 Å². The van der Waals surface area contributed by atoms with Gasteiger partial charge in [0.15, 0.2) is 0 Å². The fourth-order valence-electron chi connectivity index (χ4n) is 3.67. The number of carbonyl (C=O) groups excluding carboxylic acids is 1. The molecule has 5 nitrogen and oxygen atoms in total. The minimum absolute atomic E-state index is 0.0722. The summed E-state index contributed by atoms with van der Waals surface area (Å²) in [5, 5.41) is 12.5. The van der Waals surface area contributed by atoms with Crippen molar-refractivity contribution < 1.29 is 9.53 Å². The van der Waals surface area contributed by atoms with Crippen LogP contribution >= 0.6 is 0 Å². The maximum atomic E-state index is 12.5. The Morgan fingerprint density at radius 3 is 2.84 bits per heavy atom. The summed E-state index contributed by atoms with van der Waals surface area (Å²) in [6, 6.07) is 2.98. The number of rotatable bonds is 2. The van der Waals surface area contributed by atoms with E-state index in [1.54, 1.807) is 0 Å². The van der Waals surface area contributed by atoms with Crippen LogP contribution in [0.5, 0.6) is 0 Å². The summed E-state index contributed by atoms with van der Waals surface area (Å²) >= 11 is 0. The molecule has 104 valence electrons. The molecule has 0 radical (unpaired) electrons. The van der Waals surface area contributed by atoms with Gasteiger partial charge >= 0.3 is 0 Å². The summed E-state index contributed by atoms with van der Waals surface area (Å²) in [4.78, 5) is 15.0. The Bertz CT molecular complexity index is 398. The molecule has 3 fully saturated rings. The SMILES string of the molecule is N#CC1(C(=O)NC2CCN3CCCC23)CCOCC1. The number of hydrogen-bond donors (Lipinski definition) is 1. The van der Waals surface area contributed by atoms with Crippen LogP contribution in [0.25, 0.3) is 0 Å². The molecule has 0 bridgehead atoms. The summed E-state index contributed by atoms with van der Waals surface area (Å²) in [7, 11) is 0. The van der Waals surface area contributed by atoms with Crippen LogP contribution in [0.4, 0.5) is 0 Å². The second-order valence-corrected chi connectivity index (χ2v) is 5.92. The van der Waals surface area contributed by atoms with Gasteiger partial charge in [-0.1, -0.05) is 0 Å². The number of carbonyl (C=O) groups is 1. The van der Waals surface area contributed by atoms with Gasteiger partial charge in [-0.2, -0.15) is 5.26 Å². The van der Waals surface area contributed by atoms with E-state index >= 15 is 0 Å². The van der Waals surface area contributed by atoms with Gasteiger partial charge in [-0.3, -0.25) is 9.69 Å². The van der Waals surface area contributed by atoms with E-state index in [9.17, 15) is 10.1 Å². The lowest BCUT2D eigenvalue weighted by Gasteiger charge is -2.31. The monoisotopic (exact) mass is 263 g/mol. The van der Waals surface area contributed by atoms with E-state index in [0.717, 1.165) is 19.5 Å². The Morgan fingerprint density at radius 2 is 2.11 bits per heavy atom. The van der Waals surface area contributed by atoms with Crippen molar-refractivity contribution in [2.75, 3.05) is 26.3 Å². The van der Waals surface area contributed by atoms with E-state index in [1.807, 2.05) is 0 Å². The first-order valence-corrected chi connectivity index (χ1v) is 7.29. The molecule has 0 spiro atoms. The van der Waals surface area contributed by atoms with Gasteiger partial charge in [-0.05, 0) is 38.6 Å². The van der Waals surface area contributed by atoms with Gasteiger partial charge in [0.2, 0.25) is 5.91 Å². The highest BCUT2D eigenvalue weighted by Crippen LogP contribution is 2.32. The predicted molar refractivity (Wildman–Crippen MR) is 69.2 cm³/mol. The van der Waals surface area contributed by atoms with Gasteiger partial charge in [0.25, 0.3) is 0 Å². The van der Waals surface area contributed by atoms with Crippen molar-refractivity contribution in [3.8, 4) is 6.07 Å². The van der Waals surface area contributed by atoms with Crippen molar-refractivity contribution in [1.82, 2.24) is 10.2 Å². The molecule has 0 aliphatic carbocycles. The molecule has 3 saturated heterocycles. The highest BCUT2D eigenvalue weighted by atomic mass is 16.5. The second kappa shape index (κ2) is 5.10. The first-order chi connectivity index (χ1) is 9.25. The number of hydrogen-bond acceptors (Lipinski definition) is 4. The van der Waals surface area contributed by atoms with Gasteiger partial charge in [-0.25, -0.2) is 0 Å². The quantitative estimate of drug-likeness (QED) is 0.795. The zero-order valence-corrected chi connectivity index (χ0v) is 11.2. The maximum Gasteiger partial charge on any atom is 0.240 e. The largest absolute Gasteiger partial charge is 0.381 e. The highest BCUT2D eigenvalue weighted by molar-refractivity contribution is 5.85. The summed E-state index contributed by atoms with van der Waals surface area (Å²) < 4.78 is 5.28. The normalized spacial score (nSPS) is 33.6. The van der Waals surface area contributed by atoms with Crippen LogP contribution in [-0.4, -0.2) is 49.2 Å². The molecular weight excluding hydrogens is 242 g/mol. The fourth-order valence-corrected chi connectivity index (χ4v) is 3.67. The van der Waals surface area contributed by atoms with Gasteiger partial charge in [0.1, 0.15) is 5.41 Å². The highest BCUT2D eigenvalue weighted by Gasteiger charge is 2.44. The Hall–Kier alpha value is -1.12. The van der Waals surface area contributed by atoms with Gasteiger partial charge in [-0.15, -0.1) is 0 Å². The molecule has 19 heavy (non-hydrogen) atoms. The van der Waals surface area contributed by atoms with E-state index in [4.69, 9.17) is 4.74 Å². The first-order valence-electron chi connectivity index (χ1n) is 7.29. The molecule has 3 aliphatic rings. The standard InChI is InChI=1S/C14H21N3O2/c15-10-14(4-8-19-9-5-14)13(18)16-11-3-7-17-6-1-2-12(11)17/h11-12H,1-9H2,(H,16,18). The number of fused-ring (bicyclic) bond motifs is 1. The molecule has 2 unspecified atom stereocenters. The third kappa shape index (κ3) is 2.24. The van der Waals surface area contributed by atoms with Crippen molar-refractivity contribution in [3.63, 3.8) is 0 Å². The molecule has 1 amide bonds. The van der Waals surface area contributed by atoms with Crippen LogP contribution < -0.4 is 5.32 Å². The van der Waals surface area contributed by atoms with Crippen LogP contribution in [0, 0.1) is 16.7 Å². The molecule has 3 aliphatic heterocycles. The maximum absolute atomic E-state index is 12.5. The molecule has 0 aromatic heterocycles. The summed E-state index contributed by atoms with van der Waals surface area (Å²) in [5.74, 6) is -0.0722. The van der Waals surface area contributed by atoms with Crippen LogP contribution in [0.15, 0.2) is 0 Å². The predicted octanol–water partition coefficient (Wildman–Crippen LogP) is 0.660. The molecule has 5 heteroatoms. The first kappa shape index (κ1) is 12.9.